The van der Waals surface area contributed by atoms with Crippen molar-refractivity contribution in [1.82, 2.24) is 9.97 Å². The van der Waals surface area contributed by atoms with Gasteiger partial charge in [0, 0.05) is 10.8 Å². The number of rotatable bonds is 2. The Bertz CT molecular complexity index is 772. The van der Waals surface area contributed by atoms with Crippen molar-refractivity contribution in [2.45, 2.75) is 19.8 Å². The molecular formula is C15H14N2OS. The normalized spacial score (nSPS) is 11.3. The van der Waals surface area contributed by atoms with Crippen LogP contribution in [0.3, 0.4) is 0 Å². The second-order valence-electron chi connectivity index (χ2n) is 4.80. The second-order valence-corrected chi connectivity index (χ2v) is 5.83. The summed E-state index contributed by atoms with van der Waals surface area (Å²) < 4.78 is 0. The molecule has 3 nitrogen and oxygen atoms in total. The van der Waals surface area contributed by atoms with Crippen molar-refractivity contribution >= 4 is 21.6 Å². The van der Waals surface area contributed by atoms with Gasteiger partial charge in [-0.3, -0.25) is 4.79 Å². The number of hydrogen-bond donors (Lipinski definition) is 1. The molecule has 0 spiro atoms. The fourth-order valence-corrected chi connectivity index (χ4v) is 3.01. The minimum absolute atomic E-state index is 0.0490. The van der Waals surface area contributed by atoms with Gasteiger partial charge in [0.25, 0.3) is 5.56 Å². The van der Waals surface area contributed by atoms with Crippen molar-refractivity contribution < 1.29 is 0 Å². The highest BCUT2D eigenvalue weighted by molar-refractivity contribution is 7.21. The monoisotopic (exact) mass is 270 g/mol. The predicted molar refractivity (Wildman–Crippen MR) is 79.8 cm³/mol. The van der Waals surface area contributed by atoms with Crippen LogP contribution in [0.2, 0.25) is 0 Å². The number of nitrogens with zero attached hydrogens (tertiary/aromatic N) is 1. The lowest BCUT2D eigenvalue weighted by molar-refractivity contribution is 0.778. The number of nitrogens with one attached hydrogen (secondary N) is 1. The molecule has 1 N–H and O–H groups in total. The smallest absolute Gasteiger partial charge is 0.259 e. The fourth-order valence-electron chi connectivity index (χ4n) is 1.97. The Morgan fingerprint density at radius 3 is 2.63 bits per heavy atom. The first kappa shape index (κ1) is 12.1. The van der Waals surface area contributed by atoms with Crippen LogP contribution in [-0.2, 0) is 0 Å². The Morgan fingerprint density at radius 1 is 1.21 bits per heavy atom. The van der Waals surface area contributed by atoms with Gasteiger partial charge >= 0.3 is 0 Å². The van der Waals surface area contributed by atoms with Crippen LogP contribution in [0.5, 0.6) is 0 Å². The van der Waals surface area contributed by atoms with Gasteiger partial charge in [0.05, 0.1) is 5.39 Å². The van der Waals surface area contributed by atoms with Gasteiger partial charge in [-0.05, 0) is 11.6 Å². The minimum atomic E-state index is -0.0490. The lowest BCUT2D eigenvalue weighted by Gasteiger charge is -2.02. The summed E-state index contributed by atoms with van der Waals surface area (Å²) in [6.07, 6.45) is 0. The van der Waals surface area contributed by atoms with E-state index in [0.29, 0.717) is 5.39 Å². The third-order valence-electron chi connectivity index (χ3n) is 3.03. The first-order valence-electron chi connectivity index (χ1n) is 6.24. The number of benzene rings is 1. The van der Waals surface area contributed by atoms with E-state index in [2.05, 4.69) is 9.97 Å². The Morgan fingerprint density at radius 2 is 1.95 bits per heavy atom. The molecule has 1 aromatic carbocycles. The molecule has 3 rings (SSSR count). The van der Waals surface area contributed by atoms with Crippen LogP contribution in [0.15, 0.2) is 41.2 Å². The molecule has 0 fully saturated rings. The molecule has 0 radical (unpaired) electrons. The molecule has 19 heavy (non-hydrogen) atoms. The van der Waals surface area contributed by atoms with E-state index in [-0.39, 0.29) is 11.5 Å². The summed E-state index contributed by atoms with van der Waals surface area (Å²) in [6, 6.07) is 12.0. The van der Waals surface area contributed by atoms with Gasteiger partial charge in [-0.1, -0.05) is 44.2 Å². The quantitative estimate of drug-likeness (QED) is 0.770. The van der Waals surface area contributed by atoms with Crippen LogP contribution in [0.1, 0.15) is 25.6 Å². The third kappa shape index (κ3) is 2.19. The van der Waals surface area contributed by atoms with E-state index in [1.807, 2.05) is 50.2 Å². The van der Waals surface area contributed by atoms with Crippen LogP contribution in [0.4, 0.5) is 0 Å². The lowest BCUT2D eigenvalue weighted by Crippen LogP contribution is -2.11. The second kappa shape index (κ2) is 4.63. The molecule has 3 aromatic rings. The molecule has 0 atom stereocenters. The topological polar surface area (TPSA) is 45.8 Å². The molecule has 96 valence electrons. The molecule has 4 heteroatoms. The average Bonchev–Trinajstić information content (AvgIpc) is 2.84. The Balaban J connectivity index is 2.21. The maximum Gasteiger partial charge on any atom is 0.259 e. The number of H-pyrrole nitrogens is 1. The van der Waals surface area contributed by atoms with Gasteiger partial charge in [0.15, 0.2) is 0 Å². The number of aromatic nitrogens is 2. The van der Waals surface area contributed by atoms with E-state index in [0.717, 1.165) is 21.1 Å². The number of fused-ring (bicyclic) bond motifs is 1. The summed E-state index contributed by atoms with van der Waals surface area (Å²) in [5, 5.41) is 0.674. The molecule has 2 aromatic heterocycles. The lowest BCUT2D eigenvalue weighted by atomic mass is 10.2. The Hall–Kier alpha value is -1.94. The van der Waals surface area contributed by atoms with Gasteiger partial charge in [0.1, 0.15) is 10.7 Å². The zero-order valence-corrected chi connectivity index (χ0v) is 11.6. The summed E-state index contributed by atoms with van der Waals surface area (Å²) in [4.78, 5) is 21.3. The number of aromatic amines is 1. The van der Waals surface area contributed by atoms with Crippen LogP contribution < -0.4 is 5.56 Å². The first-order valence-corrected chi connectivity index (χ1v) is 7.06. The molecule has 0 amide bonds. The van der Waals surface area contributed by atoms with Gasteiger partial charge in [-0.2, -0.15) is 0 Å². The molecule has 2 heterocycles. The molecular weight excluding hydrogens is 256 g/mol. The summed E-state index contributed by atoms with van der Waals surface area (Å²) in [5.41, 5.74) is 1.07. The SMILES string of the molecule is CC(C)c1nc2sc(-c3ccccc3)cc2c(=O)[nH]1. The van der Waals surface area contributed by atoms with E-state index in [9.17, 15) is 4.79 Å². The van der Waals surface area contributed by atoms with E-state index < -0.39 is 0 Å². The van der Waals surface area contributed by atoms with Crippen LogP contribution in [-0.4, -0.2) is 9.97 Å². The molecule has 0 aliphatic heterocycles. The molecule has 0 aliphatic carbocycles. The van der Waals surface area contributed by atoms with Gasteiger partial charge < -0.3 is 4.98 Å². The zero-order valence-electron chi connectivity index (χ0n) is 10.8. The molecule has 0 unspecified atom stereocenters. The average molecular weight is 270 g/mol. The molecule has 0 saturated carbocycles. The maximum atomic E-state index is 12.1. The molecule has 0 bridgehead atoms. The van der Waals surface area contributed by atoms with Crippen LogP contribution in [0, 0.1) is 0 Å². The Kier molecular flexibility index (Phi) is 2.95. The van der Waals surface area contributed by atoms with Crippen molar-refractivity contribution in [3.8, 4) is 10.4 Å². The largest absolute Gasteiger partial charge is 0.310 e. The highest BCUT2D eigenvalue weighted by Crippen LogP contribution is 2.31. The highest BCUT2D eigenvalue weighted by atomic mass is 32.1. The van der Waals surface area contributed by atoms with Crippen molar-refractivity contribution in [3.63, 3.8) is 0 Å². The first-order chi connectivity index (χ1) is 9.15. The summed E-state index contributed by atoms with van der Waals surface area (Å²) in [6.45, 7) is 4.05. The van der Waals surface area contributed by atoms with Gasteiger partial charge in [0.2, 0.25) is 0 Å². The van der Waals surface area contributed by atoms with Crippen molar-refractivity contribution in [2.75, 3.05) is 0 Å². The van der Waals surface area contributed by atoms with Crippen LogP contribution >= 0.6 is 11.3 Å². The van der Waals surface area contributed by atoms with Crippen molar-refractivity contribution in [1.29, 1.82) is 0 Å². The van der Waals surface area contributed by atoms with Crippen molar-refractivity contribution in [3.05, 3.63) is 52.6 Å². The number of hydrogen-bond acceptors (Lipinski definition) is 3. The molecule has 0 aliphatic rings. The number of thiophene rings is 1. The summed E-state index contributed by atoms with van der Waals surface area (Å²) >= 11 is 1.56. The van der Waals surface area contributed by atoms with E-state index in [4.69, 9.17) is 0 Å². The maximum absolute atomic E-state index is 12.1. The van der Waals surface area contributed by atoms with E-state index in [1.165, 1.54) is 0 Å². The van der Waals surface area contributed by atoms with E-state index in [1.54, 1.807) is 11.3 Å². The van der Waals surface area contributed by atoms with E-state index >= 15 is 0 Å². The molecule has 0 saturated heterocycles. The summed E-state index contributed by atoms with van der Waals surface area (Å²) in [7, 11) is 0. The van der Waals surface area contributed by atoms with Crippen LogP contribution in [0.25, 0.3) is 20.7 Å². The minimum Gasteiger partial charge on any atom is -0.310 e. The van der Waals surface area contributed by atoms with Gasteiger partial charge in [-0.25, -0.2) is 4.98 Å². The van der Waals surface area contributed by atoms with Crippen molar-refractivity contribution in [2.24, 2.45) is 0 Å². The Labute approximate surface area is 115 Å². The standard InChI is InChI=1S/C15H14N2OS/c1-9(2)13-16-14(18)11-8-12(19-15(11)17-13)10-6-4-3-5-7-10/h3-9H,1-2H3,(H,16,17,18). The zero-order chi connectivity index (χ0) is 13.4. The predicted octanol–water partition coefficient (Wildman–Crippen LogP) is 3.78. The fraction of sp³-hybridized carbons (Fsp3) is 0.200. The third-order valence-corrected chi connectivity index (χ3v) is 4.10. The highest BCUT2D eigenvalue weighted by Gasteiger charge is 2.11. The van der Waals surface area contributed by atoms with Gasteiger partial charge in [-0.15, -0.1) is 11.3 Å². The summed E-state index contributed by atoms with van der Waals surface area (Å²) in [5.74, 6) is 0.971.